The van der Waals surface area contributed by atoms with E-state index in [9.17, 15) is 14.0 Å². The van der Waals surface area contributed by atoms with Crippen LogP contribution >= 0.6 is 0 Å². The molecule has 3 aromatic carbocycles. The third-order valence-electron chi connectivity index (χ3n) is 8.07. The number of rotatable bonds is 4. The minimum atomic E-state index is -0.529. The smallest absolute Gasteiger partial charge is 0.254 e. The van der Waals surface area contributed by atoms with Gasteiger partial charge >= 0.3 is 0 Å². The first-order chi connectivity index (χ1) is 18.5. The first-order valence-electron chi connectivity index (χ1n) is 12.9. The van der Waals surface area contributed by atoms with Crippen molar-refractivity contribution in [3.63, 3.8) is 0 Å². The summed E-state index contributed by atoms with van der Waals surface area (Å²) in [5.74, 6) is 0.399. The highest BCUT2D eigenvalue weighted by Gasteiger charge is 2.48. The minimum absolute atomic E-state index is 0.0151. The summed E-state index contributed by atoms with van der Waals surface area (Å²) in [5.41, 5.74) is 4.30. The maximum Gasteiger partial charge on any atom is 0.254 e. The minimum Gasteiger partial charge on any atom is -0.493 e. The zero-order valence-corrected chi connectivity index (χ0v) is 21.5. The van der Waals surface area contributed by atoms with Gasteiger partial charge in [-0.1, -0.05) is 18.2 Å². The summed E-state index contributed by atoms with van der Waals surface area (Å²) in [5, 5.41) is 0. The Morgan fingerprint density at radius 3 is 2.26 bits per heavy atom. The molecule has 3 aromatic rings. The normalized spacial score (nSPS) is 20.4. The molecule has 3 heterocycles. The number of fused-ring (bicyclic) bond motifs is 4. The molecule has 3 aliphatic heterocycles. The van der Waals surface area contributed by atoms with Crippen molar-refractivity contribution in [1.82, 2.24) is 9.80 Å². The van der Waals surface area contributed by atoms with Crippen molar-refractivity contribution >= 4 is 17.5 Å². The summed E-state index contributed by atoms with van der Waals surface area (Å²) >= 11 is 0. The third-order valence-corrected chi connectivity index (χ3v) is 8.07. The van der Waals surface area contributed by atoms with E-state index in [0.717, 1.165) is 22.4 Å². The maximum atomic E-state index is 14.3. The Labute approximate surface area is 221 Å². The lowest BCUT2D eigenvalue weighted by Gasteiger charge is -2.47. The lowest BCUT2D eigenvalue weighted by Crippen LogP contribution is -2.54. The van der Waals surface area contributed by atoms with Crippen molar-refractivity contribution in [2.24, 2.45) is 0 Å². The van der Waals surface area contributed by atoms with Crippen LogP contribution in [0.4, 0.5) is 10.1 Å². The largest absolute Gasteiger partial charge is 0.493 e. The molecule has 38 heavy (non-hydrogen) atoms. The van der Waals surface area contributed by atoms with E-state index in [2.05, 4.69) is 4.90 Å². The van der Waals surface area contributed by atoms with Gasteiger partial charge in [0.1, 0.15) is 5.82 Å². The number of amides is 2. The predicted octanol–water partition coefficient (Wildman–Crippen LogP) is 4.03. The topological polar surface area (TPSA) is 62.3 Å². The molecule has 0 spiro atoms. The lowest BCUT2D eigenvalue weighted by atomic mass is 9.75. The average Bonchev–Trinajstić information content (AvgIpc) is 2.96. The Bertz CT molecular complexity index is 1380. The van der Waals surface area contributed by atoms with Gasteiger partial charge < -0.3 is 24.2 Å². The fourth-order valence-electron chi connectivity index (χ4n) is 6.15. The molecule has 2 unspecified atom stereocenters. The molecule has 3 aliphatic rings. The Hall–Kier alpha value is -4.07. The van der Waals surface area contributed by atoms with E-state index in [1.807, 2.05) is 46.2 Å². The molecule has 2 amide bonds. The highest BCUT2D eigenvalue weighted by atomic mass is 19.1. The fraction of sp³-hybridized carbons (Fsp3) is 0.333. The van der Waals surface area contributed by atoms with Crippen molar-refractivity contribution in [2.45, 2.75) is 18.4 Å². The van der Waals surface area contributed by atoms with Gasteiger partial charge in [0.25, 0.3) is 5.91 Å². The maximum absolute atomic E-state index is 14.3. The Kier molecular flexibility index (Phi) is 6.18. The number of ether oxygens (including phenoxy) is 2. The van der Waals surface area contributed by atoms with Crippen LogP contribution in [-0.2, 0) is 11.2 Å². The summed E-state index contributed by atoms with van der Waals surface area (Å²) in [6, 6.07) is 17.4. The highest BCUT2D eigenvalue weighted by Crippen LogP contribution is 2.49. The van der Waals surface area contributed by atoms with Crippen LogP contribution in [0.15, 0.2) is 60.7 Å². The zero-order valence-electron chi connectivity index (χ0n) is 21.5. The SMILES string of the molecule is COc1cc2c(cc1OC)C1C(C(=O)N3CCN(c4ccc(F)cc4)CC3)c3ccccc3C(=O)N1CC2. The summed E-state index contributed by atoms with van der Waals surface area (Å²) < 4.78 is 24.5. The second kappa shape index (κ2) is 9.67. The van der Waals surface area contributed by atoms with Crippen molar-refractivity contribution in [1.29, 1.82) is 0 Å². The van der Waals surface area contributed by atoms with Crippen molar-refractivity contribution < 1.29 is 23.5 Å². The molecule has 1 saturated heterocycles. The fourth-order valence-corrected chi connectivity index (χ4v) is 6.15. The van der Waals surface area contributed by atoms with Crippen molar-refractivity contribution in [3.05, 3.63) is 88.7 Å². The summed E-state index contributed by atoms with van der Waals surface area (Å²) in [6.45, 7) is 2.94. The lowest BCUT2D eigenvalue weighted by molar-refractivity contribution is -0.135. The van der Waals surface area contributed by atoms with Crippen LogP contribution in [0.5, 0.6) is 11.5 Å². The molecule has 8 heteroatoms. The van der Waals surface area contributed by atoms with Gasteiger partial charge in [0.15, 0.2) is 11.5 Å². The summed E-state index contributed by atoms with van der Waals surface area (Å²) in [4.78, 5) is 33.9. The number of nitrogens with zero attached hydrogens (tertiary/aromatic N) is 3. The molecule has 6 rings (SSSR count). The van der Waals surface area contributed by atoms with Gasteiger partial charge in [0.05, 0.1) is 26.2 Å². The standard InChI is InChI=1S/C30H30FN3O4/c1-37-25-17-19-11-12-34-28(24(19)18-26(25)38-2)27(22-5-3-4-6-23(22)29(34)35)30(36)33-15-13-32(14-16-33)21-9-7-20(31)8-10-21/h3-10,17-18,27-28H,11-16H2,1-2H3. The molecule has 1 fully saturated rings. The van der Waals surface area contributed by atoms with Gasteiger partial charge in [0.2, 0.25) is 5.91 Å². The molecule has 2 atom stereocenters. The number of benzene rings is 3. The van der Waals surface area contributed by atoms with Crippen molar-refractivity contribution in [3.8, 4) is 11.5 Å². The molecule has 0 N–H and O–H groups in total. The van der Waals surface area contributed by atoms with Crippen LogP contribution in [0.3, 0.4) is 0 Å². The number of piperazine rings is 1. The van der Waals surface area contributed by atoms with Crippen LogP contribution in [0, 0.1) is 5.82 Å². The highest BCUT2D eigenvalue weighted by molar-refractivity contribution is 6.01. The first kappa shape index (κ1) is 24.3. The molecule has 0 bridgehead atoms. The molecular formula is C30H30FN3O4. The Morgan fingerprint density at radius 1 is 0.868 bits per heavy atom. The van der Waals surface area contributed by atoms with Crippen LogP contribution in [0.2, 0.25) is 0 Å². The number of methoxy groups -OCH3 is 2. The monoisotopic (exact) mass is 515 g/mol. The van der Waals surface area contributed by atoms with E-state index < -0.39 is 12.0 Å². The zero-order chi connectivity index (χ0) is 26.4. The average molecular weight is 516 g/mol. The Morgan fingerprint density at radius 2 is 1.55 bits per heavy atom. The second-order valence-corrected chi connectivity index (χ2v) is 9.95. The third kappa shape index (κ3) is 3.95. The van der Waals surface area contributed by atoms with Crippen LogP contribution in [0.25, 0.3) is 0 Å². The summed E-state index contributed by atoms with van der Waals surface area (Å²) in [6.07, 6.45) is 0.678. The number of hydrogen-bond donors (Lipinski definition) is 0. The molecular weight excluding hydrogens is 485 g/mol. The van der Waals surface area contributed by atoms with Gasteiger partial charge in [-0.25, -0.2) is 4.39 Å². The van der Waals surface area contributed by atoms with E-state index >= 15 is 0 Å². The van der Waals surface area contributed by atoms with Crippen LogP contribution < -0.4 is 14.4 Å². The van der Waals surface area contributed by atoms with Crippen LogP contribution in [-0.4, -0.2) is 68.6 Å². The Balaban J connectivity index is 1.36. The van der Waals surface area contributed by atoms with E-state index in [1.54, 1.807) is 26.4 Å². The van der Waals surface area contributed by atoms with Crippen molar-refractivity contribution in [2.75, 3.05) is 51.8 Å². The predicted molar refractivity (Wildman–Crippen MR) is 141 cm³/mol. The molecule has 0 radical (unpaired) electrons. The van der Waals surface area contributed by atoms with Crippen LogP contribution in [0.1, 0.15) is 39.0 Å². The number of anilines is 1. The van der Waals surface area contributed by atoms with Gasteiger partial charge in [-0.15, -0.1) is 0 Å². The molecule has 7 nitrogen and oxygen atoms in total. The van der Waals surface area contributed by atoms with E-state index in [1.165, 1.54) is 12.1 Å². The first-order valence-corrected chi connectivity index (χ1v) is 12.9. The number of carbonyl (C=O) groups is 2. The van der Waals surface area contributed by atoms with Gasteiger partial charge in [-0.2, -0.15) is 0 Å². The number of carbonyl (C=O) groups excluding carboxylic acids is 2. The van der Waals surface area contributed by atoms with Gasteiger partial charge in [-0.05, 0) is 65.6 Å². The van der Waals surface area contributed by atoms with E-state index in [4.69, 9.17) is 9.47 Å². The molecule has 0 aliphatic carbocycles. The second-order valence-electron chi connectivity index (χ2n) is 9.95. The molecule has 196 valence electrons. The quantitative estimate of drug-likeness (QED) is 0.525. The van der Waals surface area contributed by atoms with Gasteiger partial charge in [0, 0.05) is 44.0 Å². The summed E-state index contributed by atoms with van der Waals surface area (Å²) in [7, 11) is 3.20. The number of hydrogen-bond acceptors (Lipinski definition) is 5. The molecule has 0 saturated carbocycles. The van der Waals surface area contributed by atoms with Gasteiger partial charge in [-0.3, -0.25) is 9.59 Å². The van der Waals surface area contributed by atoms with E-state index in [0.29, 0.717) is 56.2 Å². The van der Waals surface area contributed by atoms with E-state index in [-0.39, 0.29) is 17.6 Å². The number of halogens is 1. The molecule has 0 aromatic heterocycles.